The smallest absolute Gasteiger partial charge is 0.267 e. The van der Waals surface area contributed by atoms with Gasteiger partial charge in [0.2, 0.25) is 0 Å². The number of benzene rings is 1. The molecule has 0 radical (unpaired) electrons. The second-order valence-electron chi connectivity index (χ2n) is 6.64. The van der Waals surface area contributed by atoms with Gasteiger partial charge in [0.05, 0.1) is 25.8 Å². The van der Waals surface area contributed by atoms with Crippen LogP contribution >= 0.6 is 0 Å². The molecule has 0 saturated carbocycles. The van der Waals surface area contributed by atoms with Crippen LogP contribution in [0.4, 0.5) is 5.69 Å². The zero-order chi connectivity index (χ0) is 16.6. The molecule has 5 heteroatoms. The van der Waals surface area contributed by atoms with Gasteiger partial charge in [-0.2, -0.15) is 10.1 Å². The Morgan fingerprint density at radius 2 is 1.78 bits per heavy atom. The van der Waals surface area contributed by atoms with Gasteiger partial charge in [-0.15, -0.1) is 0 Å². The first-order valence-electron chi connectivity index (χ1n) is 7.89. The van der Waals surface area contributed by atoms with Crippen molar-refractivity contribution in [3.8, 4) is 0 Å². The molecule has 0 saturated heterocycles. The lowest BCUT2D eigenvalue weighted by molar-refractivity contribution is -0.882. The Bertz CT molecular complexity index is 790. The van der Waals surface area contributed by atoms with E-state index in [-0.39, 0.29) is 11.6 Å². The van der Waals surface area contributed by atoms with Crippen LogP contribution in [0.25, 0.3) is 5.70 Å². The van der Waals surface area contributed by atoms with Gasteiger partial charge in [0.15, 0.2) is 0 Å². The van der Waals surface area contributed by atoms with Crippen molar-refractivity contribution in [3.63, 3.8) is 0 Å². The number of anilines is 1. The molecule has 0 N–H and O–H groups in total. The highest BCUT2D eigenvalue weighted by Crippen LogP contribution is 2.33. The number of quaternary nitrogens is 1. The summed E-state index contributed by atoms with van der Waals surface area (Å²) in [6.07, 6.45) is 2.18. The first-order chi connectivity index (χ1) is 10.9. The molecule has 23 heavy (non-hydrogen) atoms. The van der Waals surface area contributed by atoms with Gasteiger partial charge in [-0.3, -0.25) is 4.79 Å². The fourth-order valence-corrected chi connectivity index (χ4v) is 2.94. The molecule has 0 amide bonds. The number of nitrogens with zero attached hydrogens (tertiary/aromatic N) is 4. The molecule has 3 rings (SSSR count). The van der Waals surface area contributed by atoms with Crippen LogP contribution < -0.4 is 10.6 Å². The maximum Gasteiger partial charge on any atom is 0.267 e. The van der Waals surface area contributed by atoms with Crippen molar-refractivity contribution in [1.82, 2.24) is 9.78 Å². The Hall–Kier alpha value is -2.40. The van der Waals surface area contributed by atoms with Gasteiger partial charge in [-0.1, -0.05) is 18.2 Å². The van der Waals surface area contributed by atoms with Crippen LogP contribution in [0.2, 0.25) is 0 Å². The van der Waals surface area contributed by atoms with Gasteiger partial charge in [-0.25, -0.2) is 9.27 Å². The van der Waals surface area contributed by atoms with Crippen molar-refractivity contribution in [2.75, 3.05) is 25.6 Å². The number of likely N-dealkylation sites (N-methyl/N-ethyl adjacent to an activating group) is 1. The van der Waals surface area contributed by atoms with E-state index in [1.165, 1.54) is 4.68 Å². The van der Waals surface area contributed by atoms with E-state index in [2.05, 4.69) is 42.4 Å². The van der Waals surface area contributed by atoms with Gasteiger partial charge < -0.3 is 0 Å². The SMILES string of the molecule is CC(C)n1nc(C2=CC[N+](C)(C)N2c2ccccc2)ccc1=O. The third-order valence-electron chi connectivity index (χ3n) is 4.08. The fourth-order valence-electron chi connectivity index (χ4n) is 2.94. The highest BCUT2D eigenvalue weighted by atomic mass is 16.1. The van der Waals surface area contributed by atoms with Gasteiger partial charge in [-0.05, 0) is 32.0 Å². The van der Waals surface area contributed by atoms with Crippen molar-refractivity contribution >= 4 is 11.4 Å². The Balaban J connectivity index is 2.09. The summed E-state index contributed by atoms with van der Waals surface area (Å²) in [4.78, 5) is 12.0. The first kappa shape index (κ1) is 15.5. The Morgan fingerprint density at radius 3 is 2.43 bits per heavy atom. The molecule has 0 unspecified atom stereocenters. The van der Waals surface area contributed by atoms with Gasteiger partial charge in [0.25, 0.3) is 5.56 Å². The molecule has 1 aromatic carbocycles. The summed E-state index contributed by atoms with van der Waals surface area (Å²) in [5.74, 6) is 0. The zero-order valence-electron chi connectivity index (χ0n) is 14.1. The highest BCUT2D eigenvalue weighted by molar-refractivity contribution is 5.76. The minimum atomic E-state index is -0.0673. The third kappa shape index (κ3) is 2.80. The van der Waals surface area contributed by atoms with Crippen molar-refractivity contribution in [2.45, 2.75) is 19.9 Å². The largest absolute Gasteiger partial charge is 0.268 e. The highest BCUT2D eigenvalue weighted by Gasteiger charge is 2.36. The van der Waals surface area contributed by atoms with Crippen LogP contribution in [-0.4, -0.2) is 35.0 Å². The molecule has 0 atom stereocenters. The molecular formula is C18H23N4O+. The standard InChI is InChI=1S/C18H23N4O/c1-14(2)20-18(23)11-10-16(19-20)17-12-13-22(3,4)21(17)15-8-6-5-7-9-15/h5-12,14H,13H2,1-4H3/q+1. The molecular weight excluding hydrogens is 288 g/mol. The molecule has 5 nitrogen and oxygen atoms in total. The van der Waals surface area contributed by atoms with E-state index >= 15 is 0 Å². The summed E-state index contributed by atoms with van der Waals surface area (Å²) in [5, 5.41) is 6.83. The van der Waals surface area contributed by atoms with E-state index < -0.39 is 0 Å². The van der Waals surface area contributed by atoms with Crippen LogP contribution in [0, 0.1) is 0 Å². The second-order valence-corrected chi connectivity index (χ2v) is 6.64. The van der Waals surface area contributed by atoms with Crippen molar-refractivity contribution < 1.29 is 4.59 Å². The molecule has 2 heterocycles. The number of rotatable bonds is 3. The summed E-state index contributed by atoms with van der Waals surface area (Å²) < 4.78 is 2.24. The van der Waals surface area contributed by atoms with Crippen molar-refractivity contribution in [1.29, 1.82) is 0 Å². The minimum absolute atomic E-state index is 0.0390. The van der Waals surface area contributed by atoms with Crippen LogP contribution in [0.5, 0.6) is 0 Å². The Labute approximate surface area is 136 Å². The second kappa shape index (κ2) is 5.66. The molecule has 0 spiro atoms. The van der Waals surface area contributed by atoms with E-state index in [9.17, 15) is 4.79 Å². The molecule has 1 aliphatic rings. The topological polar surface area (TPSA) is 38.1 Å². The maximum atomic E-state index is 12.0. The summed E-state index contributed by atoms with van der Waals surface area (Å²) in [6, 6.07) is 13.7. The summed E-state index contributed by atoms with van der Waals surface area (Å²) in [7, 11) is 4.32. The summed E-state index contributed by atoms with van der Waals surface area (Å²) in [5.41, 5.74) is 2.91. The fraction of sp³-hybridized carbons (Fsp3) is 0.333. The van der Waals surface area contributed by atoms with Crippen LogP contribution in [0.1, 0.15) is 25.6 Å². The number of aromatic nitrogens is 2. The van der Waals surface area contributed by atoms with Crippen LogP contribution in [0.3, 0.4) is 0 Å². The molecule has 0 fully saturated rings. The minimum Gasteiger partial charge on any atom is -0.268 e. The van der Waals surface area contributed by atoms with Crippen molar-refractivity contribution in [2.24, 2.45) is 0 Å². The van der Waals surface area contributed by atoms with Gasteiger partial charge in [0.1, 0.15) is 17.9 Å². The monoisotopic (exact) mass is 311 g/mol. The number of hydrogen-bond acceptors (Lipinski definition) is 3. The average molecular weight is 311 g/mol. The molecule has 0 aliphatic carbocycles. The lowest BCUT2D eigenvalue weighted by atomic mass is 10.2. The summed E-state index contributed by atoms with van der Waals surface area (Å²) >= 11 is 0. The lowest BCUT2D eigenvalue weighted by Gasteiger charge is -2.36. The quantitative estimate of drug-likeness (QED) is 0.818. The van der Waals surface area contributed by atoms with Gasteiger partial charge in [0, 0.05) is 12.1 Å². The predicted octanol–water partition coefficient (Wildman–Crippen LogP) is 2.68. The predicted molar refractivity (Wildman–Crippen MR) is 92.8 cm³/mol. The zero-order valence-corrected chi connectivity index (χ0v) is 14.1. The average Bonchev–Trinajstić information content (AvgIpc) is 2.84. The van der Waals surface area contributed by atoms with E-state index in [4.69, 9.17) is 0 Å². The van der Waals surface area contributed by atoms with Gasteiger partial charge >= 0.3 is 0 Å². The van der Waals surface area contributed by atoms with Crippen LogP contribution in [-0.2, 0) is 0 Å². The van der Waals surface area contributed by atoms with E-state index in [1.807, 2.05) is 38.1 Å². The van der Waals surface area contributed by atoms with E-state index in [0.717, 1.165) is 23.6 Å². The molecule has 120 valence electrons. The van der Waals surface area contributed by atoms with E-state index in [0.29, 0.717) is 4.59 Å². The third-order valence-corrected chi connectivity index (χ3v) is 4.08. The molecule has 2 aromatic rings. The lowest BCUT2D eigenvalue weighted by Crippen LogP contribution is -2.50. The molecule has 1 aliphatic heterocycles. The summed E-state index contributed by atoms with van der Waals surface area (Å²) in [6.45, 7) is 4.82. The maximum absolute atomic E-state index is 12.0. The van der Waals surface area contributed by atoms with Crippen LogP contribution in [0.15, 0.2) is 53.3 Å². The number of hydrogen-bond donors (Lipinski definition) is 0. The molecule has 1 aromatic heterocycles. The van der Waals surface area contributed by atoms with E-state index in [1.54, 1.807) is 6.07 Å². The van der Waals surface area contributed by atoms with Crippen molar-refractivity contribution in [3.05, 3.63) is 64.6 Å². The normalized spacial score (nSPS) is 16.7. The molecule has 0 bridgehead atoms. The Kier molecular flexibility index (Phi) is 3.82. The first-order valence-corrected chi connectivity index (χ1v) is 7.89. The Morgan fingerprint density at radius 1 is 1.09 bits per heavy atom. The number of para-hydroxylation sites is 1.